The number of amides is 1. The highest BCUT2D eigenvalue weighted by Gasteiger charge is 2.25. The number of pyridine rings is 1. The molecule has 0 saturated carbocycles. The summed E-state index contributed by atoms with van der Waals surface area (Å²) in [5.41, 5.74) is 3.05. The minimum atomic E-state index is -1.06. The van der Waals surface area contributed by atoms with Gasteiger partial charge in [0.05, 0.1) is 11.3 Å². The maximum Gasteiger partial charge on any atom is 0.337 e. The van der Waals surface area contributed by atoms with Crippen LogP contribution >= 0.6 is 0 Å². The van der Waals surface area contributed by atoms with Gasteiger partial charge in [-0.1, -0.05) is 19.8 Å². The van der Waals surface area contributed by atoms with E-state index in [0.717, 1.165) is 37.9 Å². The largest absolute Gasteiger partial charge is 0.478 e. The van der Waals surface area contributed by atoms with Gasteiger partial charge in [-0.15, -0.1) is 0 Å². The summed E-state index contributed by atoms with van der Waals surface area (Å²) in [7, 11) is 1.73. The Kier molecular flexibility index (Phi) is 7.28. The van der Waals surface area contributed by atoms with Crippen molar-refractivity contribution in [3.05, 3.63) is 71.4 Å². The van der Waals surface area contributed by atoms with Crippen molar-refractivity contribution in [3.8, 4) is 11.3 Å². The molecule has 0 spiro atoms. The molecule has 1 aliphatic rings. The number of anilines is 2. The van der Waals surface area contributed by atoms with Crippen molar-refractivity contribution in [3.63, 3.8) is 0 Å². The minimum Gasteiger partial charge on any atom is -0.478 e. The number of hydrogen-bond donors (Lipinski definition) is 1. The lowest BCUT2D eigenvalue weighted by molar-refractivity contribution is 0.0684. The second-order valence-electron chi connectivity index (χ2n) is 9.92. The van der Waals surface area contributed by atoms with Gasteiger partial charge in [0.25, 0.3) is 5.91 Å². The van der Waals surface area contributed by atoms with E-state index in [-0.39, 0.29) is 17.5 Å². The third-order valence-electron chi connectivity index (χ3n) is 7.35. The number of carboxylic acid groups (broad SMARTS) is 1. The van der Waals surface area contributed by atoms with E-state index in [2.05, 4.69) is 22.0 Å². The first-order valence-electron chi connectivity index (χ1n) is 13.2. The molecule has 3 aromatic heterocycles. The zero-order chi connectivity index (χ0) is 27.7. The van der Waals surface area contributed by atoms with Gasteiger partial charge in [0, 0.05) is 48.8 Å². The Balaban J connectivity index is 1.45. The van der Waals surface area contributed by atoms with Crippen LogP contribution in [0, 0.1) is 5.82 Å². The molecule has 0 radical (unpaired) electrons. The fourth-order valence-electron chi connectivity index (χ4n) is 5.02. The predicted octanol–water partition coefficient (Wildman–Crippen LogP) is 5.36. The van der Waals surface area contributed by atoms with E-state index in [1.54, 1.807) is 46.8 Å². The molecule has 39 heavy (non-hydrogen) atoms. The number of halogens is 1. The highest BCUT2D eigenvalue weighted by molar-refractivity contribution is 5.93. The number of carbonyl (C=O) groups is 2. The van der Waals surface area contributed by atoms with E-state index in [4.69, 9.17) is 5.11 Å². The van der Waals surface area contributed by atoms with Crippen molar-refractivity contribution in [1.29, 1.82) is 0 Å². The number of aryl methyl sites for hydroxylation is 1. The molecular formula is C29H31FN6O3. The number of fused-ring (bicyclic) bond motifs is 1. The Morgan fingerprint density at radius 1 is 1.13 bits per heavy atom. The molecule has 1 aliphatic heterocycles. The number of rotatable bonds is 6. The van der Waals surface area contributed by atoms with E-state index in [1.807, 2.05) is 11.8 Å². The molecule has 1 aromatic carbocycles. The first kappa shape index (κ1) is 26.3. The van der Waals surface area contributed by atoms with Crippen molar-refractivity contribution in [2.75, 3.05) is 18.5 Å². The van der Waals surface area contributed by atoms with Crippen LogP contribution in [0.2, 0.25) is 0 Å². The molecule has 0 unspecified atom stereocenters. The number of benzene rings is 1. The number of likely N-dealkylation sites (tertiary alicyclic amines) is 1. The summed E-state index contributed by atoms with van der Waals surface area (Å²) in [5, 5.41) is 13.7. The van der Waals surface area contributed by atoms with Gasteiger partial charge >= 0.3 is 5.97 Å². The van der Waals surface area contributed by atoms with Crippen LogP contribution < -0.4 is 4.90 Å². The molecule has 1 saturated heterocycles. The summed E-state index contributed by atoms with van der Waals surface area (Å²) < 4.78 is 17.0. The molecule has 0 bridgehead atoms. The average molecular weight is 531 g/mol. The second kappa shape index (κ2) is 10.8. The predicted molar refractivity (Wildman–Crippen MR) is 146 cm³/mol. The fraction of sp³-hybridized carbons (Fsp3) is 0.345. The van der Waals surface area contributed by atoms with E-state index in [0.29, 0.717) is 40.5 Å². The Morgan fingerprint density at radius 3 is 2.64 bits per heavy atom. The lowest BCUT2D eigenvalue weighted by atomic mass is 10.1. The Hall–Kier alpha value is -4.34. The normalized spacial score (nSPS) is 15.8. The van der Waals surface area contributed by atoms with Crippen LogP contribution in [0.3, 0.4) is 0 Å². The van der Waals surface area contributed by atoms with E-state index >= 15 is 4.39 Å². The molecule has 1 atom stereocenters. The van der Waals surface area contributed by atoms with Crippen LogP contribution in [0.4, 0.5) is 15.9 Å². The van der Waals surface area contributed by atoms with Crippen LogP contribution in [0.1, 0.15) is 66.1 Å². The lowest BCUT2D eigenvalue weighted by Crippen LogP contribution is -2.38. The smallest absolute Gasteiger partial charge is 0.337 e. The minimum absolute atomic E-state index is 0.0754. The average Bonchev–Trinajstić information content (AvgIpc) is 3.25. The maximum absolute atomic E-state index is 15.4. The summed E-state index contributed by atoms with van der Waals surface area (Å²) in [6, 6.07) is 11.5. The molecular weight excluding hydrogens is 499 g/mol. The maximum atomic E-state index is 15.4. The summed E-state index contributed by atoms with van der Waals surface area (Å²) in [6.07, 6.45) is 6.12. The fourth-order valence-corrected chi connectivity index (χ4v) is 5.02. The van der Waals surface area contributed by atoms with Crippen molar-refractivity contribution >= 4 is 29.0 Å². The highest BCUT2D eigenvalue weighted by Crippen LogP contribution is 2.30. The number of nitrogens with zero attached hydrogens (tertiary/aromatic N) is 6. The van der Waals surface area contributed by atoms with Gasteiger partial charge < -0.3 is 14.9 Å². The zero-order valence-corrected chi connectivity index (χ0v) is 22.3. The number of aromatic nitrogens is 4. The van der Waals surface area contributed by atoms with E-state index < -0.39 is 11.8 Å². The molecule has 0 aliphatic carbocycles. The SMILES string of the molecule is CCc1cc(C(=O)N2CCCCC[C@H]2C)nc2cc(-c3ccc(N(C)c4ccc(C(=O)O)cn4)cc3F)nn12. The Morgan fingerprint density at radius 2 is 1.95 bits per heavy atom. The Labute approximate surface area is 225 Å². The first-order valence-corrected chi connectivity index (χ1v) is 13.2. The molecule has 1 fully saturated rings. The zero-order valence-electron chi connectivity index (χ0n) is 22.3. The number of hydrogen-bond acceptors (Lipinski definition) is 6. The monoisotopic (exact) mass is 530 g/mol. The first-order chi connectivity index (χ1) is 18.8. The van der Waals surface area contributed by atoms with E-state index in [9.17, 15) is 9.59 Å². The summed E-state index contributed by atoms with van der Waals surface area (Å²) in [5.74, 6) is -1.13. The number of carboxylic acids is 1. The van der Waals surface area contributed by atoms with Gasteiger partial charge in [-0.25, -0.2) is 23.7 Å². The summed E-state index contributed by atoms with van der Waals surface area (Å²) in [4.78, 5) is 36.9. The third-order valence-corrected chi connectivity index (χ3v) is 7.35. The van der Waals surface area contributed by atoms with E-state index in [1.165, 1.54) is 18.3 Å². The van der Waals surface area contributed by atoms with Crippen LogP contribution in [-0.4, -0.2) is 61.1 Å². The second-order valence-corrected chi connectivity index (χ2v) is 9.92. The van der Waals surface area contributed by atoms with Gasteiger partial charge in [0.2, 0.25) is 0 Å². The Bertz CT molecular complexity index is 1530. The molecule has 9 nitrogen and oxygen atoms in total. The van der Waals surface area contributed by atoms with Crippen molar-refractivity contribution in [2.45, 2.75) is 52.0 Å². The van der Waals surface area contributed by atoms with Crippen molar-refractivity contribution < 1.29 is 19.1 Å². The van der Waals surface area contributed by atoms with Crippen molar-refractivity contribution in [1.82, 2.24) is 24.5 Å². The summed E-state index contributed by atoms with van der Waals surface area (Å²) >= 11 is 0. The molecule has 202 valence electrons. The van der Waals surface area contributed by atoms with Crippen LogP contribution in [0.25, 0.3) is 16.9 Å². The highest BCUT2D eigenvalue weighted by atomic mass is 19.1. The molecule has 4 heterocycles. The van der Waals surface area contributed by atoms with Crippen molar-refractivity contribution in [2.24, 2.45) is 0 Å². The third kappa shape index (κ3) is 5.19. The van der Waals surface area contributed by atoms with Crippen LogP contribution in [0.15, 0.2) is 48.7 Å². The molecule has 4 aromatic rings. The lowest BCUT2D eigenvalue weighted by Gasteiger charge is -2.27. The number of aromatic carboxylic acids is 1. The topological polar surface area (TPSA) is 104 Å². The van der Waals surface area contributed by atoms with Gasteiger partial charge in [-0.2, -0.15) is 5.10 Å². The van der Waals surface area contributed by atoms with Crippen LogP contribution in [-0.2, 0) is 6.42 Å². The molecule has 10 heteroatoms. The van der Waals surface area contributed by atoms with Crippen LogP contribution in [0.5, 0.6) is 0 Å². The van der Waals surface area contributed by atoms with Gasteiger partial charge in [0.15, 0.2) is 5.65 Å². The summed E-state index contributed by atoms with van der Waals surface area (Å²) in [6.45, 7) is 4.80. The van der Waals surface area contributed by atoms with Gasteiger partial charge in [-0.05, 0) is 62.6 Å². The standard InChI is InChI=1S/C29H31FN6O3/c1-4-20-15-25(28(37)35-13-7-5-6-8-18(35)2)32-27-16-24(33-36(20)27)22-11-10-21(14-23(22)30)34(3)26-12-9-19(17-31-26)29(38)39/h9-12,14-18H,4-8,13H2,1-3H3,(H,38,39)/t18-/m1/s1. The number of carbonyl (C=O) groups excluding carboxylic acids is 1. The molecule has 1 N–H and O–H groups in total. The molecule has 5 rings (SSSR count). The van der Waals surface area contributed by atoms with Gasteiger partial charge in [-0.3, -0.25) is 4.79 Å². The molecule has 1 amide bonds. The quantitative estimate of drug-likeness (QED) is 0.358. The van der Waals surface area contributed by atoms with Gasteiger partial charge in [0.1, 0.15) is 17.3 Å².